The van der Waals surface area contributed by atoms with Gasteiger partial charge in [0, 0.05) is 26.2 Å². The maximum absolute atomic E-state index is 11.5. The fraction of sp³-hybridized carbons (Fsp3) is 0.652. The first-order chi connectivity index (χ1) is 14.6. The number of guanidine groups is 1. The molecule has 2 heterocycles. The number of amides is 1. The summed E-state index contributed by atoms with van der Waals surface area (Å²) in [6, 6.07) is 8.44. The number of hydrogen-bond donors (Lipinski definition) is 2. The number of nitrogens with two attached hydrogens (primary N) is 1. The topological polar surface area (TPSA) is 83.2 Å². The summed E-state index contributed by atoms with van der Waals surface area (Å²) in [4.78, 5) is 21.0. The van der Waals surface area contributed by atoms with Gasteiger partial charge < -0.3 is 25.6 Å². The van der Waals surface area contributed by atoms with Crippen LogP contribution in [-0.4, -0.2) is 74.1 Å². The molecule has 2 aliphatic rings. The number of nitrogens with zero attached hydrogens (tertiary/aromatic N) is 3. The van der Waals surface area contributed by atoms with Crippen molar-refractivity contribution in [3.05, 3.63) is 35.4 Å². The van der Waals surface area contributed by atoms with Gasteiger partial charge in [0.15, 0.2) is 5.96 Å². The molecular weight excluding hydrogens is 505 g/mol. The van der Waals surface area contributed by atoms with Crippen molar-refractivity contribution < 1.29 is 9.53 Å². The maximum atomic E-state index is 11.5. The molecule has 3 rings (SSSR count). The monoisotopic (exact) mass is 543 g/mol. The summed E-state index contributed by atoms with van der Waals surface area (Å²) in [6.45, 7) is 11.0. The van der Waals surface area contributed by atoms with Crippen molar-refractivity contribution in [2.75, 3.05) is 52.4 Å². The molecule has 1 aromatic carbocycles. The number of nitrogens with one attached hydrogen (secondary N) is 1. The number of ether oxygens (including phenoxy) is 1. The molecule has 2 aliphatic heterocycles. The normalized spacial score (nSPS) is 22.6. The first kappa shape index (κ1) is 25.9. The summed E-state index contributed by atoms with van der Waals surface area (Å²) in [5.41, 5.74) is 8.01. The number of likely N-dealkylation sites (tertiary alicyclic amines) is 1. The molecule has 174 valence electrons. The van der Waals surface area contributed by atoms with E-state index in [1.165, 1.54) is 11.1 Å². The molecule has 0 spiro atoms. The van der Waals surface area contributed by atoms with Crippen LogP contribution in [0.15, 0.2) is 29.3 Å². The number of benzene rings is 1. The summed E-state index contributed by atoms with van der Waals surface area (Å²) < 4.78 is 6.07. The zero-order valence-electron chi connectivity index (χ0n) is 18.9. The fourth-order valence-electron chi connectivity index (χ4n) is 4.37. The Balaban J connectivity index is 0.00000341. The molecule has 7 nitrogen and oxygen atoms in total. The van der Waals surface area contributed by atoms with Crippen molar-refractivity contribution in [2.24, 2.45) is 16.6 Å². The Morgan fingerprint density at radius 3 is 2.84 bits per heavy atom. The molecule has 0 radical (unpaired) electrons. The first-order valence-corrected chi connectivity index (χ1v) is 11.3. The van der Waals surface area contributed by atoms with Crippen molar-refractivity contribution >= 4 is 35.8 Å². The number of carbonyl (C=O) groups is 1. The van der Waals surface area contributed by atoms with Gasteiger partial charge in [-0.05, 0) is 57.3 Å². The maximum Gasteiger partial charge on any atom is 0.221 e. The van der Waals surface area contributed by atoms with Crippen LogP contribution in [0.1, 0.15) is 43.4 Å². The largest absolute Gasteiger partial charge is 0.370 e. The minimum atomic E-state index is -0.164. The van der Waals surface area contributed by atoms with E-state index in [1.807, 2.05) is 0 Å². The summed E-state index contributed by atoms with van der Waals surface area (Å²) >= 11 is 0. The first-order valence-electron chi connectivity index (χ1n) is 11.3. The van der Waals surface area contributed by atoms with Crippen LogP contribution in [0.2, 0.25) is 0 Å². The molecule has 1 aromatic rings. The molecule has 1 amide bonds. The van der Waals surface area contributed by atoms with Crippen LogP contribution in [0, 0.1) is 12.8 Å². The molecule has 0 aromatic heterocycles. The third kappa shape index (κ3) is 7.61. The second-order valence-electron chi connectivity index (χ2n) is 8.29. The van der Waals surface area contributed by atoms with Gasteiger partial charge in [0.2, 0.25) is 5.91 Å². The highest BCUT2D eigenvalue weighted by atomic mass is 127. The van der Waals surface area contributed by atoms with Gasteiger partial charge in [-0.3, -0.25) is 9.79 Å². The Morgan fingerprint density at radius 1 is 1.29 bits per heavy atom. The van der Waals surface area contributed by atoms with E-state index in [0.29, 0.717) is 6.61 Å². The Kier molecular flexibility index (Phi) is 11.0. The van der Waals surface area contributed by atoms with Crippen molar-refractivity contribution in [1.82, 2.24) is 15.1 Å². The molecule has 3 N–H and O–H groups in total. The Morgan fingerprint density at radius 2 is 2.10 bits per heavy atom. The van der Waals surface area contributed by atoms with Gasteiger partial charge in [-0.2, -0.15) is 0 Å². The van der Waals surface area contributed by atoms with E-state index in [0.717, 1.165) is 71.0 Å². The van der Waals surface area contributed by atoms with Crippen LogP contribution in [-0.2, 0) is 9.53 Å². The minimum absolute atomic E-state index is 0. The van der Waals surface area contributed by atoms with Gasteiger partial charge in [0.1, 0.15) is 6.10 Å². The third-order valence-corrected chi connectivity index (χ3v) is 6.04. The molecule has 0 aliphatic carbocycles. The predicted molar refractivity (Wildman–Crippen MR) is 136 cm³/mol. The lowest BCUT2D eigenvalue weighted by Crippen LogP contribution is -2.48. The van der Waals surface area contributed by atoms with Crippen molar-refractivity contribution in [2.45, 2.75) is 39.2 Å². The van der Waals surface area contributed by atoms with Gasteiger partial charge in [0.05, 0.1) is 19.1 Å². The molecule has 0 saturated carbocycles. The van der Waals surface area contributed by atoms with Crippen molar-refractivity contribution in [3.63, 3.8) is 0 Å². The van der Waals surface area contributed by atoms with E-state index in [2.05, 4.69) is 53.2 Å². The standard InChI is InChI=1S/C23H37N5O2.HI/c1-3-25-23(26-11-7-13-27-12-6-9-19(16-27)22(24)29)28-14-15-30-21(17-28)20-10-5-4-8-18(20)2;/h4-5,8,10,19,21H,3,6-7,9,11-17H2,1-2H3,(H2,24,29)(H,25,26);1H. The van der Waals surface area contributed by atoms with Crippen LogP contribution >= 0.6 is 24.0 Å². The fourth-order valence-corrected chi connectivity index (χ4v) is 4.37. The smallest absolute Gasteiger partial charge is 0.221 e. The van der Waals surface area contributed by atoms with Crippen LogP contribution in [0.3, 0.4) is 0 Å². The number of piperidine rings is 1. The van der Waals surface area contributed by atoms with Crippen molar-refractivity contribution in [1.29, 1.82) is 0 Å². The number of rotatable bonds is 7. The van der Waals surface area contributed by atoms with E-state index < -0.39 is 0 Å². The highest BCUT2D eigenvalue weighted by Gasteiger charge is 2.25. The number of halogens is 1. The molecular formula is C23H38IN5O2. The quantitative estimate of drug-likeness (QED) is 0.239. The number of aryl methyl sites for hydroxylation is 1. The molecule has 8 heteroatoms. The van der Waals surface area contributed by atoms with E-state index in [9.17, 15) is 4.79 Å². The zero-order chi connectivity index (χ0) is 21.3. The minimum Gasteiger partial charge on any atom is -0.370 e. The number of aliphatic imine (C=N–C) groups is 1. The second-order valence-corrected chi connectivity index (χ2v) is 8.29. The number of morpholine rings is 1. The van der Waals surface area contributed by atoms with Crippen molar-refractivity contribution in [3.8, 4) is 0 Å². The van der Waals surface area contributed by atoms with Crippen LogP contribution in [0.25, 0.3) is 0 Å². The highest BCUT2D eigenvalue weighted by molar-refractivity contribution is 14.0. The van der Waals surface area contributed by atoms with Gasteiger partial charge in [-0.15, -0.1) is 24.0 Å². The SMILES string of the molecule is CCNC(=NCCCN1CCCC(C(N)=O)C1)N1CCOC(c2ccccc2C)C1.I. The van der Waals surface area contributed by atoms with Crippen LogP contribution in [0.5, 0.6) is 0 Å². The van der Waals surface area contributed by atoms with Gasteiger partial charge in [0.25, 0.3) is 0 Å². The lowest BCUT2D eigenvalue weighted by atomic mass is 9.97. The molecule has 2 saturated heterocycles. The predicted octanol–water partition coefficient (Wildman–Crippen LogP) is 2.54. The second kappa shape index (κ2) is 13.2. The van der Waals surface area contributed by atoms with E-state index >= 15 is 0 Å². The lowest BCUT2D eigenvalue weighted by molar-refractivity contribution is -0.123. The molecule has 31 heavy (non-hydrogen) atoms. The van der Waals surface area contributed by atoms with Crippen LogP contribution < -0.4 is 11.1 Å². The number of hydrogen-bond acceptors (Lipinski definition) is 4. The molecule has 2 unspecified atom stereocenters. The Hall–Kier alpha value is -1.39. The number of carbonyl (C=O) groups excluding carboxylic acids is 1. The summed E-state index contributed by atoms with van der Waals surface area (Å²) in [5.74, 6) is 0.807. The molecule has 0 bridgehead atoms. The zero-order valence-corrected chi connectivity index (χ0v) is 21.2. The van der Waals surface area contributed by atoms with Crippen LogP contribution in [0.4, 0.5) is 0 Å². The lowest BCUT2D eigenvalue weighted by Gasteiger charge is -2.36. The summed E-state index contributed by atoms with van der Waals surface area (Å²) in [7, 11) is 0. The molecule has 2 fully saturated rings. The average Bonchev–Trinajstić information content (AvgIpc) is 2.76. The third-order valence-electron chi connectivity index (χ3n) is 6.04. The highest BCUT2D eigenvalue weighted by Crippen LogP contribution is 2.25. The molecule has 2 atom stereocenters. The van der Waals surface area contributed by atoms with Gasteiger partial charge in [-0.1, -0.05) is 24.3 Å². The van der Waals surface area contributed by atoms with E-state index in [4.69, 9.17) is 15.5 Å². The Bertz CT molecular complexity index is 730. The summed E-state index contributed by atoms with van der Waals surface area (Å²) in [5, 5.41) is 3.44. The summed E-state index contributed by atoms with van der Waals surface area (Å²) in [6.07, 6.45) is 3.02. The number of primary amides is 1. The average molecular weight is 543 g/mol. The van der Waals surface area contributed by atoms with E-state index in [-0.39, 0.29) is 41.9 Å². The Labute approximate surface area is 203 Å². The van der Waals surface area contributed by atoms with E-state index in [1.54, 1.807) is 0 Å². The van der Waals surface area contributed by atoms with Gasteiger partial charge in [-0.25, -0.2) is 0 Å². The van der Waals surface area contributed by atoms with Gasteiger partial charge >= 0.3 is 0 Å².